The Bertz CT molecular complexity index is 856. The third-order valence-corrected chi connectivity index (χ3v) is 12.1. The van der Waals surface area contributed by atoms with Crippen LogP contribution in [0.2, 0.25) is 10.1 Å². The number of aliphatic carboxylic acids is 1. The van der Waals surface area contributed by atoms with Crippen molar-refractivity contribution in [3.05, 3.63) is 71.8 Å². The Kier molecular flexibility index (Phi) is 7.71. The Labute approximate surface area is 187 Å². The summed E-state index contributed by atoms with van der Waals surface area (Å²) in [4.78, 5) is 24.9. The summed E-state index contributed by atoms with van der Waals surface area (Å²) in [5.74, 6) is -1.08. The van der Waals surface area contributed by atoms with Crippen LogP contribution in [-0.4, -0.2) is 31.5 Å². The first-order valence-electron chi connectivity index (χ1n) is 10.7. The van der Waals surface area contributed by atoms with Crippen molar-refractivity contribution in [2.24, 2.45) is 0 Å². The molecule has 2 aromatic carbocycles. The molecule has 0 aliphatic rings. The van der Waals surface area contributed by atoms with Crippen molar-refractivity contribution in [3.63, 3.8) is 0 Å². The first-order valence-corrected chi connectivity index (χ1v) is 12.8. The summed E-state index contributed by atoms with van der Waals surface area (Å²) in [6.45, 7) is 12.7. The second-order valence-electron chi connectivity index (χ2n) is 10.1. The molecule has 5 nitrogen and oxygen atoms in total. The van der Waals surface area contributed by atoms with Crippen molar-refractivity contribution in [3.8, 4) is 0 Å². The molecule has 0 aliphatic carbocycles. The highest BCUT2D eigenvalue weighted by atomic mass is 28.4. The summed E-state index contributed by atoms with van der Waals surface area (Å²) in [5, 5.41) is 11.8. The summed E-state index contributed by atoms with van der Waals surface area (Å²) < 4.78 is 6.31. The van der Waals surface area contributed by atoms with Crippen molar-refractivity contribution < 1.29 is 19.1 Å². The lowest BCUT2D eigenvalue weighted by Crippen LogP contribution is -2.60. The highest BCUT2D eigenvalue weighted by Crippen LogP contribution is 2.53. The van der Waals surface area contributed by atoms with Gasteiger partial charge in [-0.15, -0.1) is 0 Å². The van der Waals surface area contributed by atoms with Crippen LogP contribution in [0, 0.1) is 0 Å². The fourth-order valence-electron chi connectivity index (χ4n) is 4.26. The first kappa shape index (κ1) is 24.7. The lowest BCUT2D eigenvalue weighted by atomic mass is 10.1. The number of carboxylic acids is 1. The lowest BCUT2D eigenvalue weighted by molar-refractivity contribution is -0.139. The van der Waals surface area contributed by atoms with Crippen LogP contribution < -0.4 is 5.32 Å². The highest BCUT2D eigenvalue weighted by Gasteiger charge is 2.58. The molecule has 168 valence electrons. The number of hydrogen-bond donors (Lipinski definition) is 2. The molecule has 0 saturated heterocycles. The molecule has 1 amide bonds. The normalized spacial score (nSPS) is 13.4. The van der Waals surface area contributed by atoms with E-state index in [0.717, 1.165) is 11.1 Å². The predicted molar refractivity (Wildman–Crippen MR) is 127 cm³/mol. The van der Waals surface area contributed by atoms with Gasteiger partial charge in [0, 0.05) is 12.5 Å². The molecule has 1 atom stereocenters. The van der Waals surface area contributed by atoms with Crippen LogP contribution in [0.3, 0.4) is 0 Å². The van der Waals surface area contributed by atoms with Gasteiger partial charge >= 0.3 is 12.1 Å². The van der Waals surface area contributed by atoms with Crippen molar-refractivity contribution in [1.29, 1.82) is 0 Å². The first-order chi connectivity index (χ1) is 14.4. The van der Waals surface area contributed by atoms with Gasteiger partial charge in [0.2, 0.25) is 0 Å². The van der Waals surface area contributed by atoms with Crippen LogP contribution in [0.1, 0.15) is 52.7 Å². The summed E-state index contributed by atoms with van der Waals surface area (Å²) >= 11 is 0. The molecule has 0 fully saturated rings. The largest absolute Gasteiger partial charge is 0.502 e. The van der Waals surface area contributed by atoms with E-state index in [1.807, 2.05) is 48.5 Å². The van der Waals surface area contributed by atoms with Crippen LogP contribution in [0.15, 0.2) is 60.7 Å². The van der Waals surface area contributed by atoms with Gasteiger partial charge in [0.25, 0.3) is 8.32 Å². The van der Waals surface area contributed by atoms with Crippen LogP contribution >= 0.6 is 0 Å². The quantitative estimate of drug-likeness (QED) is 0.538. The predicted octanol–water partition coefficient (Wildman–Crippen LogP) is 5.74. The zero-order valence-electron chi connectivity index (χ0n) is 19.4. The monoisotopic (exact) mass is 441 g/mol. The molecule has 0 unspecified atom stereocenters. The summed E-state index contributed by atoms with van der Waals surface area (Å²) in [6, 6.07) is 18.9. The second-order valence-corrected chi connectivity index (χ2v) is 15.3. The van der Waals surface area contributed by atoms with E-state index in [0.29, 0.717) is 6.04 Å². The van der Waals surface area contributed by atoms with E-state index in [2.05, 4.69) is 59.0 Å². The van der Waals surface area contributed by atoms with E-state index in [1.54, 1.807) is 0 Å². The van der Waals surface area contributed by atoms with Crippen LogP contribution in [-0.2, 0) is 21.7 Å². The SMILES string of the molecule is CC(C)(C)[Si](Cc1ccccc1)(OC(=O)N[C@@H](Cc1ccccc1)C(=O)O)C(C)(C)C. The van der Waals surface area contributed by atoms with Gasteiger partial charge in [-0.3, -0.25) is 0 Å². The minimum Gasteiger partial charge on any atom is -0.502 e. The molecule has 6 heteroatoms. The smallest absolute Gasteiger partial charge is 0.394 e. The number of benzene rings is 2. The van der Waals surface area contributed by atoms with Crippen LogP contribution in [0.5, 0.6) is 0 Å². The van der Waals surface area contributed by atoms with Crippen LogP contribution in [0.4, 0.5) is 4.79 Å². The highest BCUT2D eigenvalue weighted by molar-refractivity contribution is 6.80. The third kappa shape index (κ3) is 6.20. The lowest BCUT2D eigenvalue weighted by Gasteiger charge is -2.49. The van der Waals surface area contributed by atoms with Crippen molar-refractivity contribution in [2.45, 2.75) is 70.1 Å². The molecule has 0 spiro atoms. The molecule has 2 aromatic rings. The summed E-state index contributed by atoms with van der Waals surface area (Å²) in [6.07, 6.45) is -0.459. The Morgan fingerprint density at radius 2 is 1.32 bits per heavy atom. The van der Waals surface area contributed by atoms with Gasteiger partial charge in [-0.05, 0) is 21.2 Å². The van der Waals surface area contributed by atoms with Gasteiger partial charge in [0.05, 0.1) is 0 Å². The molecule has 2 N–H and O–H groups in total. The second kappa shape index (κ2) is 9.69. The molecule has 31 heavy (non-hydrogen) atoms. The summed E-state index contributed by atoms with van der Waals surface area (Å²) in [5.41, 5.74) is 1.96. The molecule has 0 radical (unpaired) electrons. The molecule has 0 aliphatic heterocycles. The van der Waals surface area contributed by atoms with Gasteiger partial charge in [-0.2, -0.15) is 0 Å². The van der Waals surface area contributed by atoms with Crippen molar-refractivity contribution >= 4 is 20.4 Å². The fraction of sp³-hybridized carbons (Fsp3) is 0.440. The minimum atomic E-state index is -2.80. The van der Waals surface area contributed by atoms with Gasteiger partial charge in [-0.1, -0.05) is 102 Å². The standard InChI is InChI=1S/C25H35NO4Si/c1-24(2,3)31(25(4,5)6,18-20-15-11-8-12-16-20)30-23(29)26-21(22(27)28)17-19-13-9-7-10-14-19/h7-16,21H,17-18H2,1-6H3,(H,26,29)(H,27,28)/t21-/m0/s1. The molecular formula is C25H35NO4Si. The fourth-order valence-corrected chi connectivity index (χ4v) is 9.44. The number of carboxylic acid groups (broad SMARTS) is 1. The van der Waals surface area contributed by atoms with E-state index in [9.17, 15) is 14.7 Å². The van der Waals surface area contributed by atoms with E-state index < -0.39 is 26.4 Å². The molecule has 0 heterocycles. The zero-order valence-corrected chi connectivity index (χ0v) is 20.4. The van der Waals surface area contributed by atoms with E-state index in [4.69, 9.17) is 4.43 Å². The van der Waals surface area contributed by atoms with Crippen molar-refractivity contribution in [2.75, 3.05) is 0 Å². The Morgan fingerprint density at radius 1 is 0.871 bits per heavy atom. The Hall–Kier alpha value is -2.60. The van der Waals surface area contributed by atoms with Gasteiger partial charge < -0.3 is 14.8 Å². The molecule has 0 saturated carbocycles. The van der Waals surface area contributed by atoms with Crippen molar-refractivity contribution in [1.82, 2.24) is 5.32 Å². The topological polar surface area (TPSA) is 75.6 Å². The van der Waals surface area contributed by atoms with Gasteiger partial charge in [0.1, 0.15) is 6.04 Å². The number of nitrogens with one attached hydrogen (secondary N) is 1. The zero-order chi connectivity index (χ0) is 23.3. The van der Waals surface area contributed by atoms with E-state index in [1.165, 1.54) is 0 Å². The molecular weight excluding hydrogens is 406 g/mol. The molecule has 2 rings (SSSR count). The molecule has 0 bridgehead atoms. The average Bonchev–Trinajstić information content (AvgIpc) is 2.66. The van der Waals surface area contributed by atoms with Gasteiger partial charge in [-0.25, -0.2) is 9.59 Å². The maximum atomic E-state index is 13.1. The van der Waals surface area contributed by atoms with Gasteiger partial charge in [0.15, 0.2) is 0 Å². The van der Waals surface area contributed by atoms with E-state index >= 15 is 0 Å². The maximum Gasteiger partial charge on any atom is 0.394 e. The van der Waals surface area contributed by atoms with E-state index in [-0.39, 0.29) is 16.5 Å². The minimum absolute atomic E-state index is 0.198. The number of hydrogen-bond acceptors (Lipinski definition) is 3. The summed E-state index contributed by atoms with van der Waals surface area (Å²) in [7, 11) is -2.80. The number of carbonyl (C=O) groups excluding carboxylic acids is 1. The average molecular weight is 442 g/mol. The Morgan fingerprint density at radius 3 is 1.74 bits per heavy atom. The maximum absolute atomic E-state index is 13.1. The third-order valence-electron chi connectivity index (χ3n) is 5.86. The number of rotatable bonds is 7. The van der Waals surface area contributed by atoms with Crippen LogP contribution in [0.25, 0.3) is 0 Å². The number of carbonyl (C=O) groups is 2. The molecule has 0 aromatic heterocycles. The Balaban J connectivity index is 2.32. The number of amides is 1.